The fraction of sp³-hybridized carbons (Fsp3) is 0.238. The Hall–Kier alpha value is -2.18. The molecule has 0 saturated carbocycles. The van der Waals surface area contributed by atoms with Crippen LogP contribution < -0.4 is 10.1 Å². The van der Waals surface area contributed by atoms with Crippen LogP contribution >= 0.6 is 27.3 Å². The van der Waals surface area contributed by atoms with Crippen LogP contribution in [0.4, 0.5) is 5.13 Å². The maximum atomic E-state index is 12.2. The van der Waals surface area contributed by atoms with E-state index >= 15 is 0 Å². The molecule has 0 atom stereocenters. The van der Waals surface area contributed by atoms with Gasteiger partial charge in [0.2, 0.25) is 0 Å². The molecule has 0 saturated heterocycles. The van der Waals surface area contributed by atoms with E-state index in [2.05, 4.69) is 40.1 Å². The summed E-state index contributed by atoms with van der Waals surface area (Å²) in [4.78, 5) is 18.0. The van der Waals surface area contributed by atoms with E-state index in [9.17, 15) is 4.79 Å². The Balaban J connectivity index is 1.64. The molecule has 0 aliphatic rings. The predicted octanol–water partition coefficient (Wildman–Crippen LogP) is 5.71. The topological polar surface area (TPSA) is 51.2 Å². The summed E-state index contributed by atoms with van der Waals surface area (Å²) in [5.74, 6) is 0.472. The van der Waals surface area contributed by atoms with Crippen molar-refractivity contribution >= 4 is 38.3 Å². The number of aromatic nitrogens is 1. The van der Waals surface area contributed by atoms with Crippen LogP contribution in [0.2, 0.25) is 0 Å². The second-order valence-corrected chi connectivity index (χ2v) is 7.98. The van der Waals surface area contributed by atoms with Crippen LogP contribution in [0.1, 0.15) is 24.3 Å². The standard InChI is InChI=1S/C21H21BrN2O2S/c1-3-14-5-11-17(12-6-14)26-13-19(25)23-21-24-20(18(4-2)27-21)15-7-9-16(22)10-8-15/h5-12H,3-4,13H2,1-2H3,(H,23,24,25). The molecule has 140 valence electrons. The lowest BCUT2D eigenvalue weighted by Gasteiger charge is -2.06. The molecule has 0 spiro atoms. The number of hydrogen-bond donors (Lipinski definition) is 1. The largest absolute Gasteiger partial charge is 0.484 e. The molecule has 1 aromatic heterocycles. The van der Waals surface area contributed by atoms with Crippen LogP contribution in [0, 0.1) is 0 Å². The first-order chi connectivity index (χ1) is 13.1. The number of anilines is 1. The van der Waals surface area contributed by atoms with Crippen LogP contribution in [0.5, 0.6) is 5.75 Å². The van der Waals surface area contributed by atoms with Crippen molar-refractivity contribution in [2.45, 2.75) is 26.7 Å². The first-order valence-corrected chi connectivity index (χ1v) is 10.5. The lowest BCUT2D eigenvalue weighted by atomic mass is 10.1. The Morgan fingerprint density at radius 3 is 2.41 bits per heavy atom. The van der Waals surface area contributed by atoms with Gasteiger partial charge in [-0.2, -0.15) is 0 Å². The lowest BCUT2D eigenvalue weighted by molar-refractivity contribution is -0.118. The summed E-state index contributed by atoms with van der Waals surface area (Å²) >= 11 is 4.95. The van der Waals surface area contributed by atoms with E-state index < -0.39 is 0 Å². The fourth-order valence-electron chi connectivity index (χ4n) is 2.60. The summed E-state index contributed by atoms with van der Waals surface area (Å²) in [7, 11) is 0. The minimum absolute atomic E-state index is 0.0415. The van der Waals surface area contributed by atoms with Crippen LogP contribution in [0.15, 0.2) is 53.0 Å². The summed E-state index contributed by atoms with van der Waals surface area (Å²) in [5.41, 5.74) is 3.20. The van der Waals surface area contributed by atoms with Crippen LogP contribution in [-0.4, -0.2) is 17.5 Å². The number of thiazole rings is 1. The van der Waals surface area contributed by atoms with Gasteiger partial charge < -0.3 is 4.74 Å². The molecule has 0 bridgehead atoms. The monoisotopic (exact) mass is 444 g/mol. The molecule has 2 aromatic carbocycles. The molecular weight excluding hydrogens is 424 g/mol. The van der Waals surface area contributed by atoms with Gasteiger partial charge in [0, 0.05) is 14.9 Å². The van der Waals surface area contributed by atoms with Crippen LogP contribution in [0.3, 0.4) is 0 Å². The highest BCUT2D eigenvalue weighted by Crippen LogP contribution is 2.32. The number of benzene rings is 2. The van der Waals surface area contributed by atoms with E-state index in [1.165, 1.54) is 16.9 Å². The average molecular weight is 445 g/mol. The van der Waals surface area contributed by atoms with Gasteiger partial charge in [-0.25, -0.2) is 4.98 Å². The molecule has 27 heavy (non-hydrogen) atoms. The quantitative estimate of drug-likeness (QED) is 0.507. The minimum Gasteiger partial charge on any atom is -0.484 e. The van der Waals surface area contributed by atoms with E-state index in [0.29, 0.717) is 10.9 Å². The molecule has 0 aliphatic carbocycles. The number of nitrogens with one attached hydrogen (secondary N) is 1. The number of aryl methyl sites for hydroxylation is 2. The van der Waals surface area contributed by atoms with E-state index in [4.69, 9.17) is 4.74 Å². The maximum Gasteiger partial charge on any atom is 0.264 e. The molecule has 3 rings (SSSR count). The number of carbonyl (C=O) groups is 1. The molecule has 0 aliphatic heterocycles. The SMILES string of the molecule is CCc1ccc(OCC(=O)Nc2nc(-c3ccc(Br)cc3)c(CC)s2)cc1. The molecular formula is C21H21BrN2O2S. The number of hydrogen-bond acceptors (Lipinski definition) is 4. The summed E-state index contributed by atoms with van der Waals surface area (Å²) in [6, 6.07) is 15.8. The van der Waals surface area contributed by atoms with Gasteiger partial charge in [0.15, 0.2) is 11.7 Å². The smallest absolute Gasteiger partial charge is 0.264 e. The Labute approximate surface area is 171 Å². The zero-order valence-electron chi connectivity index (χ0n) is 15.3. The maximum absolute atomic E-state index is 12.2. The van der Waals surface area contributed by atoms with E-state index in [0.717, 1.165) is 33.4 Å². The number of halogens is 1. The van der Waals surface area contributed by atoms with E-state index in [1.807, 2.05) is 48.5 Å². The number of amides is 1. The molecule has 0 fully saturated rings. The third kappa shape index (κ3) is 5.17. The van der Waals surface area contributed by atoms with Crippen LogP contribution in [0.25, 0.3) is 11.3 Å². The van der Waals surface area contributed by atoms with Crippen molar-refractivity contribution in [3.8, 4) is 17.0 Å². The van der Waals surface area contributed by atoms with Gasteiger partial charge in [0.05, 0.1) is 5.69 Å². The highest BCUT2D eigenvalue weighted by molar-refractivity contribution is 9.10. The normalized spacial score (nSPS) is 10.6. The second-order valence-electron chi connectivity index (χ2n) is 5.99. The van der Waals surface area contributed by atoms with Crippen molar-refractivity contribution in [2.75, 3.05) is 11.9 Å². The molecule has 1 amide bonds. The minimum atomic E-state index is -0.215. The van der Waals surface area contributed by atoms with Crippen molar-refractivity contribution in [1.29, 1.82) is 0 Å². The van der Waals surface area contributed by atoms with Gasteiger partial charge in [0.1, 0.15) is 5.75 Å². The van der Waals surface area contributed by atoms with Gasteiger partial charge in [-0.05, 0) is 42.7 Å². The van der Waals surface area contributed by atoms with Gasteiger partial charge in [-0.15, -0.1) is 11.3 Å². The first-order valence-electron chi connectivity index (χ1n) is 8.86. The van der Waals surface area contributed by atoms with Crippen molar-refractivity contribution < 1.29 is 9.53 Å². The Morgan fingerprint density at radius 1 is 1.07 bits per heavy atom. The first kappa shape index (κ1) is 19.6. The number of nitrogens with zero attached hydrogens (tertiary/aromatic N) is 1. The fourth-order valence-corrected chi connectivity index (χ4v) is 3.81. The molecule has 4 nitrogen and oxygen atoms in total. The number of ether oxygens (including phenoxy) is 1. The molecule has 0 radical (unpaired) electrons. The average Bonchev–Trinajstić information content (AvgIpc) is 3.10. The Bertz CT molecular complexity index is 905. The summed E-state index contributed by atoms with van der Waals surface area (Å²) in [6.45, 7) is 4.15. The molecule has 3 aromatic rings. The highest BCUT2D eigenvalue weighted by atomic mass is 79.9. The molecule has 6 heteroatoms. The van der Waals surface area contributed by atoms with E-state index in [-0.39, 0.29) is 12.5 Å². The zero-order chi connectivity index (χ0) is 19.2. The van der Waals surface area contributed by atoms with Crippen molar-refractivity contribution in [1.82, 2.24) is 4.98 Å². The van der Waals surface area contributed by atoms with Gasteiger partial charge in [0.25, 0.3) is 5.91 Å². The van der Waals surface area contributed by atoms with E-state index in [1.54, 1.807) is 0 Å². The lowest BCUT2D eigenvalue weighted by Crippen LogP contribution is -2.20. The summed E-state index contributed by atoms with van der Waals surface area (Å²) in [5, 5.41) is 3.44. The summed E-state index contributed by atoms with van der Waals surface area (Å²) < 4.78 is 6.59. The zero-order valence-corrected chi connectivity index (χ0v) is 17.7. The van der Waals surface area contributed by atoms with Crippen LogP contribution in [-0.2, 0) is 17.6 Å². The number of rotatable bonds is 7. The molecule has 1 heterocycles. The second kappa shape index (κ2) is 9.15. The molecule has 1 N–H and O–H groups in total. The van der Waals surface area contributed by atoms with Gasteiger partial charge >= 0.3 is 0 Å². The predicted molar refractivity (Wildman–Crippen MR) is 115 cm³/mol. The third-order valence-corrected chi connectivity index (χ3v) is 5.73. The molecule has 0 unspecified atom stereocenters. The Morgan fingerprint density at radius 2 is 1.78 bits per heavy atom. The third-order valence-electron chi connectivity index (χ3n) is 4.08. The summed E-state index contributed by atoms with van der Waals surface area (Å²) in [6.07, 6.45) is 1.84. The van der Waals surface area contributed by atoms with Crippen molar-refractivity contribution in [3.05, 3.63) is 63.4 Å². The number of carbonyl (C=O) groups excluding carboxylic acids is 1. The van der Waals surface area contributed by atoms with Gasteiger partial charge in [-0.3, -0.25) is 10.1 Å². The highest BCUT2D eigenvalue weighted by Gasteiger charge is 2.14. The van der Waals surface area contributed by atoms with Gasteiger partial charge in [-0.1, -0.05) is 54.0 Å². The van der Waals surface area contributed by atoms with Crippen molar-refractivity contribution in [3.63, 3.8) is 0 Å². The van der Waals surface area contributed by atoms with Crippen molar-refractivity contribution in [2.24, 2.45) is 0 Å². The Kier molecular flexibility index (Phi) is 6.63.